The van der Waals surface area contributed by atoms with E-state index in [1.54, 1.807) is 32.9 Å². The summed E-state index contributed by atoms with van der Waals surface area (Å²) in [4.78, 5) is 42.0. The summed E-state index contributed by atoms with van der Waals surface area (Å²) in [6, 6.07) is 14.7. The molecule has 0 atom stereocenters. The summed E-state index contributed by atoms with van der Waals surface area (Å²) in [6.07, 6.45) is 0. The van der Waals surface area contributed by atoms with Crippen molar-refractivity contribution >= 4 is 27.4 Å². The summed E-state index contributed by atoms with van der Waals surface area (Å²) in [5, 5.41) is 0. The standard InChI is InChI=1S/C24H29N5O5S/c1-4-27(5-2)35(33,34)19-14-10-13-18(15-19)23(31)28(6-3)20-21(25)29(24(32)26-22(20)30)16-17-11-8-7-9-12-17/h7-15H,4-6,16,25H2,1-3H3,(H,26,30,32). The van der Waals surface area contributed by atoms with Crippen LogP contribution in [0.1, 0.15) is 36.7 Å². The fourth-order valence-electron chi connectivity index (χ4n) is 3.82. The number of benzene rings is 2. The molecule has 0 aliphatic heterocycles. The summed E-state index contributed by atoms with van der Waals surface area (Å²) in [7, 11) is -3.79. The summed E-state index contributed by atoms with van der Waals surface area (Å²) in [5.41, 5.74) is 5.42. The normalized spacial score (nSPS) is 11.5. The number of aromatic amines is 1. The van der Waals surface area contributed by atoms with Gasteiger partial charge in [0, 0.05) is 25.2 Å². The van der Waals surface area contributed by atoms with Crippen molar-refractivity contribution in [1.82, 2.24) is 13.9 Å². The Bertz CT molecular complexity index is 1430. The highest BCUT2D eigenvalue weighted by Gasteiger charge is 2.27. The Kier molecular flexibility index (Phi) is 7.92. The van der Waals surface area contributed by atoms with Crippen LogP contribution in [0.5, 0.6) is 0 Å². The molecule has 0 bridgehead atoms. The molecule has 0 aliphatic carbocycles. The third kappa shape index (κ3) is 5.20. The molecule has 1 aromatic heterocycles. The molecule has 2 aromatic carbocycles. The molecule has 186 valence electrons. The number of nitrogens with zero attached hydrogens (tertiary/aromatic N) is 3. The van der Waals surface area contributed by atoms with Crippen molar-refractivity contribution in [2.75, 3.05) is 30.3 Å². The lowest BCUT2D eigenvalue weighted by molar-refractivity contribution is 0.0987. The third-order valence-electron chi connectivity index (χ3n) is 5.65. The molecule has 11 heteroatoms. The zero-order chi connectivity index (χ0) is 25.8. The summed E-state index contributed by atoms with van der Waals surface area (Å²) in [5.74, 6) is -0.782. The van der Waals surface area contributed by atoms with Gasteiger partial charge in [0.1, 0.15) is 5.82 Å². The number of aromatic nitrogens is 2. The van der Waals surface area contributed by atoms with Crippen molar-refractivity contribution in [3.8, 4) is 0 Å². The topological polar surface area (TPSA) is 139 Å². The van der Waals surface area contributed by atoms with Gasteiger partial charge < -0.3 is 10.6 Å². The minimum Gasteiger partial charge on any atom is -0.383 e. The van der Waals surface area contributed by atoms with Crippen LogP contribution in [-0.4, -0.2) is 47.8 Å². The molecule has 0 unspecified atom stereocenters. The number of nitrogens with one attached hydrogen (secondary N) is 1. The van der Waals surface area contributed by atoms with Gasteiger partial charge in [-0.1, -0.05) is 50.2 Å². The molecule has 0 saturated heterocycles. The maximum absolute atomic E-state index is 13.4. The van der Waals surface area contributed by atoms with Crippen LogP contribution in [0.15, 0.2) is 69.1 Å². The first-order valence-electron chi connectivity index (χ1n) is 11.2. The molecule has 0 saturated carbocycles. The van der Waals surface area contributed by atoms with Crippen LogP contribution < -0.4 is 21.9 Å². The Morgan fingerprint density at radius 1 is 0.971 bits per heavy atom. The number of nitrogens with two attached hydrogens (primary N) is 1. The third-order valence-corrected chi connectivity index (χ3v) is 7.70. The number of rotatable bonds is 9. The van der Waals surface area contributed by atoms with E-state index in [2.05, 4.69) is 4.98 Å². The molecular weight excluding hydrogens is 470 g/mol. The van der Waals surface area contributed by atoms with Crippen LogP contribution in [0.2, 0.25) is 0 Å². The van der Waals surface area contributed by atoms with E-state index >= 15 is 0 Å². The Morgan fingerprint density at radius 3 is 2.23 bits per heavy atom. The molecule has 35 heavy (non-hydrogen) atoms. The lowest BCUT2D eigenvalue weighted by atomic mass is 10.2. The van der Waals surface area contributed by atoms with E-state index in [-0.39, 0.29) is 48.1 Å². The van der Waals surface area contributed by atoms with Gasteiger partial charge in [0.2, 0.25) is 10.0 Å². The quantitative estimate of drug-likeness (QED) is 0.461. The van der Waals surface area contributed by atoms with E-state index in [0.29, 0.717) is 0 Å². The van der Waals surface area contributed by atoms with E-state index in [1.165, 1.54) is 33.1 Å². The van der Waals surface area contributed by atoms with Crippen molar-refractivity contribution in [3.63, 3.8) is 0 Å². The van der Waals surface area contributed by atoms with Crippen LogP contribution in [0.25, 0.3) is 0 Å². The first-order valence-corrected chi connectivity index (χ1v) is 12.7. The molecule has 3 N–H and O–H groups in total. The van der Waals surface area contributed by atoms with Gasteiger partial charge in [-0.05, 0) is 30.7 Å². The molecule has 0 aliphatic rings. The zero-order valence-corrected chi connectivity index (χ0v) is 20.7. The number of hydrogen-bond acceptors (Lipinski definition) is 6. The Morgan fingerprint density at radius 2 is 1.63 bits per heavy atom. The Hall–Kier alpha value is -3.70. The maximum Gasteiger partial charge on any atom is 0.330 e. The number of hydrogen-bond donors (Lipinski definition) is 2. The molecule has 10 nitrogen and oxygen atoms in total. The van der Waals surface area contributed by atoms with Gasteiger partial charge in [-0.2, -0.15) is 4.31 Å². The van der Waals surface area contributed by atoms with Crippen molar-refractivity contribution in [3.05, 3.63) is 86.6 Å². The minimum absolute atomic E-state index is 0.0287. The number of carbonyl (C=O) groups excluding carboxylic acids is 1. The number of amides is 1. The predicted octanol–water partition coefficient (Wildman–Crippen LogP) is 1.86. The minimum atomic E-state index is -3.79. The second-order valence-corrected chi connectivity index (χ2v) is 9.67. The van der Waals surface area contributed by atoms with Crippen LogP contribution in [0.3, 0.4) is 0 Å². The van der Waals surface area contributed by atoms with Gasteiger partial charge in [0.15, 0.2) is 5.69 Å². The van der Waals surface area contributed by atoms with Crippen molar-refractivity contribution in [2.24, 2.45) is 0 Å². The lowest BCUT2D eigenvalue weighted by Crippen LogP contribution is -2.41. The molecular formula is C24H29N5O5S. The van der Waals surface area contributed by atoms with Gasteiger partial charge in [0.05, 0.1) is 11.4 Å². The van der Waals surface area contributed by atoms with E-state index in [9.17, 15) is 22.8 Å². The van der Waals surface area contributed by atoms with Gasteiger partial charge in [-0.3, -0.25) is 19.1 Å². The highest BCUT2D eigenvalue weighted by Crippen LogP contribution is 2.22. The first kappa shape index (κ1) is 25.9. The van der Waals surface area contributed by atoms with Gasteiger partial charge in [-0.25, -0.2) is 13.2 Å². The van der Waals surface area contributed by atoms with Gasteiger partial charge in [0.25, 0.3) is 11.5 Å². The second-order valence-electron chi connectivity index (χ2n) is 7.73. The number of anilines is 2. The number of sulfonamides is 1. The fourth-order valence-corrected chi connectivity index (χ4v) is 5.33. The van der Waals surface area contributed by atoms with Crippen molar-refractivity contribution < 1.29 is 13.2 Å². The highest BCUT2D eigenvalue weighted by atomic mass is 32.2. The first-order chi connectivity index (χ1) is 16.6. The number of H-pyrrole nitrogens is 1. The smallest absolute Gasteiger partial charge is 0.330 e. The maximum atomic E-state index is 13.4. The molecule has 3 rings (SSSR count). The molecule has 0 fully saturated rings. The van der Waals surface area contributed by atoms with Crippen LogP contribution in [0, 0.1) is 0 Å². The molecule has 1 amide bonds. The van der Waals surface area contributed by atoms with Gasteiger partial charge in [-0.15, -0.1) is 0 Å². The van der Waals surface area contributed by atoms with Crippen LogP contribution in [0.4, 0.5) is 11.5 Å². The summed E-state index contributed by atoms with van der Waals surface area (Å²) in [6.45, 7) is 5.84. The molecule has 0 radical (unpaired) electrons. The Labute approximate surface area is 203 Å². The SMILES string of the molecule is CCN(C(=O)c1cccc(S(=O)(=O)N(CC)CC)c1)c1c(N)n(Cc2ccccc2)c(=O)[nH]c1=O. The van der Waals surface area contributed by atoms with Crippen LogP contribution in [-0.2, 0) is 16.6 Å². The Balaban J connectivity index is 2.07. The van der Waals surface area contributed by atoms with Crippen molar-refractivity contribution in [1.29, 1.82) is 0 Å². The van der Waals surface area contributed by atoms with Gasteiger partial charge >= 0.3 is 5.69 Å². The van der Waals surface area contributed by atoms with Crippen LogP contribution >= 0.6 is 0 Å². The van der Waals surface area contributed by atoms with E-state index < -0.39 is 27.2 Å². The highest BCUT2D eigenvalue weighted by molar-refractivity contribution is 7.89. The molecule has 3 aromatic rings. The van der Waals surface area contributed by atoms with E-state index in [4.69, 9.17) is 5.73 Å². The average molecular weight is 500 g/mol. The molecule has 1 heterocycles. The van der Waals surface area contributed by atoms with E-state index in [1.807, 2.05) is 18.2 Å². The fraction of sp³-hybridized carbons (Fsp3) is 0.292. The number of carbonyl (C=O) groups is 1. The van der Waals surface area contributed by atoms with Crippen molar-refractivity contribution in [2.45, 2.75) is 32.2 Å². The lowest BCUT2D eigenvalue weighted by Gasteiger charge is -2.24. The zero-order valence-electron chi connectivity index (χ0n) is 19.9. The second kappa shape index (κ2) is 10.7. The molecule has 0 spiro atoms. The monoisotopic (exact) mass is 499 g/mol. The summed E-state index contributed by atoms with van der Waals surface area (Å²) < 4.78 is 28.3. The largest absolute Gasteiger partial charge is 0.383 e. The van der Waals surface area contributed by atoms with E-state index in [0.717, 1.165) is 10.5 Å². The number of nitrogen functional groups attached to an aromatic ring is 1. The summed E-state index contributed by atoms with van der Waals surface area (Å²) >= 11 is 0. The average Bonchev–Trinajstić information content (AvgIpc) is 2.85. The predicted molar refractivity (Wildman–Crippen MR) is 135 cm³/mol.